The van der Waals surface area contributed by atoms with Crippen molar-refractivity contribution in [2.45, 2.75) is 27.2 Å². The lowest BCUT2D eigenvalue weighted by molar-refractivity contribution is -0.111. The largest absolute Gasteiger partial charge is 0.338 e. The molecular formula is C25H27ClN4O2. The number of likely N-dealkylation sites (tertiary alicyclic amines) is 1. The fraction of sp³-hybridized carbons (Fsp3) is 0.320. The molecule has 0 radical (unpaired) electrons. The summed E-state index contributed by atoms with van der Waals surface area (Å²) in [5, 5.41) is 3.21. The molecule has 2 unspecified atom stereocenters. The van der Waals surface area contributed by atoms with Gasteiger partial charge in [-0.1, -0.05) is 37.6 Å². The number of anilines is 1. The van der Waals surface area contributed by atoms with E-state index < -0.39 is 0 Å². The van der Waals surface area contributed by atoms with E-state index >= 15 is 0 Å². The number of nitrogens with zero attached hydrogens (tertiary/aromatic N) is 3. The topological polar surface area (TPSA) is 66.7 Å². The number of pyridine rings is 1. The van der Waals surface area contributed by atoms with Gasteiger partial charge in [-0.2, -0.15) is 0 Å². The Morgan fingerprint density at radius 2 is 1.91 bits per heavy atom. The Morgan fingerprint density at radius 1 is 1.16 bits per heavy atom. The van der Waals surface area contributed by atoms with Crippen molar-refractivity contribution >= 4 is 40.8 Å². The standard InChI is InChI=1S/C25H27ClN4O2/c1-16-12-17(2)15-29(14-16)25(32)19-8-7-18(3)20(13-19)27-23(31)10-9-21-24(26)28-22-6-4-5-11-30(21)22/h4-11,13,16-17H,12,14-15H2,1-3H3,(H,27,31). The lowest BCUT2D eigenvalue weighted by atomic mass is 9.91. The van der Waals surface area contributed by atoms with E-state index in [0.29, 0.717) is 39.6 Å². The summed E-state index contributed by atoms with van der Waals surface area (Å²) in [5.74, 6) is 0.680. The monoisotopic (exact) mass is 450 g/mol. The van der Waals surface area contributed by atoms with Crippen LogP contribution in [0, 0.1) is 18.8 Å². The predicted octanol–water partition coefficient (Wildman–Crippen LogP) is 5.07. The Balaban J connectivity index is 1.50. The molecule has 0 aliphatic carbocycles. The van der Waals surface area contributed by atoms with Crippen LogP contribution in [0.3, 0.4) is 0 Å². The van der Waals surface area contributed by atoms with Gasteiger partial charge in [-0.3, -0.25) is 14.0 Å². The molecule has 166 valence electrons. The highest BCUT2D eigenvalue weighted by Gasteiger charge is 2.26. The Hall–Kier alpha value is -3.12. The molecule has 2 amide bonds. The number of hydrogen-bond acceptors (Lipinski definition) is 3. The number of benzene rings is 1. The minimum absolute atomic E-state index is 0.00644. The van der Waals surface area contributed by atoms with Gasteiger partial charge in [-0.05, 0) is 61.1 Å². The lowest BCUT2D eigenvalue weighted by Gasteiger charge is -2.35. The zero-order valence-corrected chi connectivity index (χ0v) is 19.3. The first-order valence-corrected chi connectivity index (χ1v) is 11.2. The molecular weight excluding hydrogens is 424 g/mol. The number of hydrogen-bond donors (Lipinski definition) is 1. The molecule has 32 heavy (non-hydrogen) atoms. The van der Waals surface area contributed by atoms with Crippen LogP contribution in [-0.2, 0) is 4.79 Å². The molecule has 1 saturated heterocycles. The molecule has 2 atom stereocenters. The number of rotatable bonds is 4. The Bertz CT molecular complexity index is 1190. The Kier molecular flexibility index (Phi) is 6.33. The predicted molar refractivity (Wildman–Crippen MR) is 128 cm³/mol. The van der Waals surface area contributed by atoms with Gasteiger partial charge in [-0.25, -0.2) is 4.98 Å². The van der Waals surface area contributed by atoms with E-state index in [2.05, 4.69) is 24.1 Å². The zero-order chi connectivity index (χ0) is 22.8. The highest BCUT2D eigenvalue weighted by molar-refractivity contribution is 6.31. The number of aromatic nitrogens is 2. The number of fused-ring (bicyclic) bond motifs is 1. The highest BCUT2D eigenvalue weighted by Crippen LogP contribution is 2.25. The van der Waals surface area contributed by atoms with Gasteiger partial charge in [0.15, 0.2) is 5.15 Å². The Labute approximate surface area is 192 Å². The molecule has 0 bridgehead atoms. The summed E-state index contributed by atoms with van der Waals surface area (Å²) in [6.07, 6.45) is 6.04. The summed E-state index contributed by atoms with van der Waals surface area (Å²) >= 11 is 6.23. The van der Waals surface area contributed by atoms with Crippen molar-refractivity contribution < 1.29 is 9.59 Å². The van der Waals surface area contributed by atoms with Gasteiger partial charge in [-0.15, -0.1) is 0 Å². The third-order valence-electron chi connectivity index (χ3n) is 5.81. The maximum Gasteiger partial charge on any atom is 0.253 e. The first-order chi connectivity index (χ1) is 15.3. The number of carbonyl (C=O) groups is 2. The fourth-order valence-electron chi connectivity index (χ4n) is 4.37. The van der Waals surface area contributed by atoms with E-state index in [4.69, 9.17) is 11.6 Å². The van der Waals surface area contributed by atoms with E-state index in [-0.39, 0.29) is 11.8 Å². The minimum Gasteiger partial charge on any atom is -0.338 e. The minimum atomic E-state index is -0.306. The van der Waals surface area contributed by atoms with Crippen LogP contribution in [0.5, 0.6) is 0 Å². The third kappa shape index (κ3) is 4.70. The van der Waals surface area contributed by atoms with E-state index in [0.717, 1.165) is 25.1 Å². The zero-order valence-electron chi connectivity index (χ0n) is 18.5. The molecule has 1 aromatic carbocycles. The first-order valence-electron chi connectivity index (χ1n) is 10.8. The molecule has 1 fully saturated rings. The molecule has 4 rings (SSSR count). The molecule has 2 aromatic heterocycles. The van der Waals surface area contributed by atoms with Crippen molar-refractivity contribution in [2.24, 2.45) is 11.8 Å². The van der Waals surface area contributed by atoms with Gasteiger partial charge in [0, 0.05) is 36.6 Å². The van der Waals surface area contributed by atoms with Crippen LogP contribution in [0.4, 0.5) is 5.69 Å². The number of nitrogens with one attached hydrogen (secondary N) is 1. The van der Waals surface area contributed by atoms with Crippen molar-refractivity contribution in [3.05, 3.63) is 70.6 Å². The fourth-order valence-corrected chi connectivity index (χ4v) is 4.61. The van der Waals surface area contributed by atoms with Crippen LogP contribution in [0.2, 0.25) is 5.15 Å². The van der Waals surface area contributed by atoms with Crippen molar-refractivity contribution in [3.8, 4) is 0 Å². The van der Waals surface area contributed by atoms with Crippen molar-refractivity contribution in [2.75, 3.05) is 18.4 Å². The van der Waals surface area contributed by atoms with Crippen LogP contribution in [-0.4, -0.2) is 39.2 Å². The van der Waals surface area contributed by atoms with Gasteiger partial charge in [0.25, 0.3) is 5.91 Å². The highest BCUT2D eigenvalue weighted by atomic mass is 35.5. The van der Waals surface area contributed by atoms with Gasteiger partial charge in [0.2, 0.25) is 5.91 Å². The number of imidazole rings is 1. The summed E-state index contributed by atoms with van der Waals surface area (Å²) in [5.41, 5.74) is 3.43. The van der Waals surface area contributed by atoms with Gasteiger partial charge in [0.05, 0.1) is 5.69 Å². The van der Waals surface area contributed by atoms with Crippen LogP contribution >= 0.6 is 11.6 Å². The second-order valence-corrected chi connectivity index (χ2v) is 9.08. The average Bonchev–Trinajstić information content (AvgIpc) is 3.07. The second-order valence-electron chi connectivity index (χ2n) is 8.73. The van der Waals surface area contributed by atoms with Crippen molar-refractivity contribution in [1.82, 2.24) is 14.3 Å². The van der Waals surface area contributed by atoms with Crippen molar-refractivity contribution in [3.63, 3.8) is 0 Å². The molecule has 0 saturated carbocycles. The van der Waals surface area contributed by atoms with E-state index in [9.17, 15) is 9.59 Å². The number of aryl methyl sites for hydroxylation is 1. The molecule has 1 aliphatic rings. The van der Waals surface area contributed by atoms with E-state index in [1.807, 2.05) is 52.8 Å². The van der Waals surface area contributed by atoms with Crippen LogP contribution in [0.15, 0.2) is 48.7 Å². The molecule has 1 N–H and O–H groups in total. The SMILES string of the molecule is Cc1ccc(C(=O)N2CC(C)CC(C)C2)cc1NC(=O)C=Cc1c(Cl)nc2ccccn12. The van der Waals surface area contributed by atoms with E-state index in [1.54, 1.807) is 12.1 Å². The molecule has 6 nitrogen and oxygen atoms in total. The summed E-state index contributed by atoms with van der Waals surface area (Å²) in [6, 6.07) is 11.0. The van der Waals surface area contributed by atoms with Gasteiger partial charge >= 0.3 is 0 Å². The van der Waals surface area contributed by atoms with E-state index in [1.165, 1.54) is 6.08 Å². The Morgan fingerprint density at radius 3 is 2.66 bits per heavy atom. The molecule has 1 aliphatic heterocycles. The summed E-state index contributed by atoms with van der Waals surface area (Å²) in [7, 11) is 0. The molecule has 3 heterocycles. The number of piperidine rings is 1. The van der Waals surface area contributed by atoms with Crippen molar-refractivity contribution in [1.29, 1.82) is 0 Å². The second kappa shape index (κ2) is 9.17. The summed E-state index contributed by atoms with van der Waals surface area (Å²) in [6.45, 7) is 7.79. The van der Waals surface area contributed by atoms with Gasteiger partial charge in [0.1, 0.15) is 5.65 Å². The summed E-state index contributed by atoms with van der Waals surface area (Å²) in [4.78, 5) is 31.9. The van der Waals surface area contributed by atoms with Gasteiger partial charge < -0.3 is 10.2 Å². The normalized spacial score (nSPS) is 18.9. The van der Waals surface area contributed by atoms with Crippen LogP contribution in [0.1, 0.15) is 41.9 Å². The maximum atomic E-state index is 13.1. The number of carbonyl (C=O) groups excluding carboxylic acids is 2. The molecule has 3 aromatic rings. The number of halogens is 1. The molecule has 7 heteroatoms. The summed E-state index contributed by atoms with van der Waals surface area (Å²) < 4.78 is 1.82. The quantitative estimate of drug-likeness (QED) is 0.564. The van der Waals surface area contributed by atoms with Crippen LogP contribution in [0.25, 0.3) is 11.7 Å². The maximum absolute atomic E-state index is 13.1. The van der Waals surface area contributed by atoms with Crippen LogP contribution < -0.4 is 5.32 Å². The lowest BCUT2D eigenvalue weighted by Crippen LogP contribution is -2.42. The average molecular weight is 451 g/mol. The molecule has 0 spiro atoms. The third-order valence-corrected chi connectivity index (χ3v) is 6.09. The smallest absolute Gasteiger partial charge is 0.253 e. The first kappa shape index (κ1) is 22.1. The number of amides is 2.